The van der Waals surface area contributed by atoms with E-state index in [0.717, 1.165) is 5.69 Å². The van der Waals surface area contributed by atoms with E-state index in [1.165, 1.54) is 11.9 Å². The van der Waals surface area contributed by atoms with Crippen LogP contribution in [0.4, 0.5) is 11.5 Å². The van der Waals surface area contributed by atoms with Gasteiger partial charge in [-0.2, -0.15) is 0 Å². The molecular formula is C21H26N4O3. The number of likely N-dealkylation sites (tertiary alicyclic amines) is 1. The van der Waals surface area contributed by atoms with Crippen LogP contribution in [-0.2, 0) is 9.47 Å². The zero-order chi connectivity index (χ0) is 19.6. The highest BCUT2D eigenvalue weighted by molar-refractivity contribution is 5.93. The van der Waals surface area contributed by atoms with E-state index in [4.69, 9.17) is 9.47 Å². The number of hydrogen-bond donors (Lipinski definition) is 1. The minimum atomic E-state index is -0.489. The third-order valence-electron chi connectivity index (χ3n) is 5.36. The van der Waals surface area contributed by atoms with Crippen LogP contribution in [0, 0.1) is 0 Å². The average Bonchev–Trinajstić information content (AvgIpc) is 3.16. The van der Waals surface area contributed by atoms with Crippen LogP contribution in [-0.4, -0.2) is 52.9 Å². The Morgan fingerprint density at radius 3 is 2.43 bits per heavy atom. The molecule has 1 aromatic carbocycles. The predicted octanol–water partition coefficient (Wildman–Crippen LogP) is 3.32. The maximum atomic E-state index is 12.9. The van der Waals surface area contributed by atoms with E-state index in [1.54, 1.807) is 11.0 Å². The lowest BCUT2D eigenvalue weighted by Crippen LogP contribution is -2.47. The zero-order valence-electron chi connectivity index (χ0n) is 16.4. The second kappa shape index (κ2) is 7.85. The van der Waals surface area contributed by atoms with Crippen LogP contribution in [0.1, 0.15) is 48.7 Å². The van der Waals surface area contributed by atoms with Gasteiger partial charge < -0.3 is 19.7 Å². The molecule has 2 aliphatic rings. The molecule has 2 aliphatic heterocycles. The van der Waals surface area contributed by atoms with Crippen molar-refractivity contribution in [2.24, 2.45) is 0 Å². The number of rotatable bonds is 4. The highest BCUT2D eigenvalue weighted by Gasteiger charge is 2.41. The third-order valence-corrected chi connectivity index (χ3v) is 5.36. The molecule has 4 rings (SSSR count). The summed E-state index contributed by atoms with van der Waals surface area (Å²) < 4.78 is 11.5. The number of benzene rings is 1. The Hall–Kier alpha value is -2.51. The molecule has 3 heterocycles. The van der Waals surface area contributed by atoms with Crippen molar-refractivity contribution in [3.05, 3.63) is 47.9 Å². The van der Waals surface area contributed by atoms with Crippen molar-refractivity contribution >= 4 is 17.4 Å². The summed E-state index contributed by atoms with van der Waals surface area (Å²) in [6.07, 6.45) is 2.81. The van der Waals surface area contributed by atoms with E-state index >= 15 is 0 Å². The Balaban J connectivity index is 1.41. The van der Waals surface area contributed by atoms with Gasteiger partial charge in [-0.3, -0.25) is 4.79 Å². The topological polar surface area (TPSA) is 76.6 Å². The molecule has 7 heteroatoms. The summed E-state index contributed by atoms with van der Waals surface area (Å²) in [7, 11) is 0. The monoisotopic (exact) mass is 382 g/mol. The molecule has 28 heavy (non-hydrogen) atoms. The smallest absolute Gasteiger partial charge is 0.272 e. The molecule has 2 fully saturated rings. The van der Waals surface area contributed by atoms with Gasteiger partial charge in [-0.05, 0) is 23.6 Å². The maximum Gasteiger partial charge on any atom is 0.272 e. The van der Waals surface area contributed by atoms with E-state index < -0.39 is 5.79 Å². The lowest BCUT2D eigenvalue weighted by atomic mass is 10.0. The number of nitrogens with zero attached hydrogens (tertiary/aromatic N) is 3. The first-order valence-electron chi connectivity index (χ1n) is 9.81. The Morgan fingerprint density at radius 2 is 1.79 bits per heavy atom. The molecule has 0 radical (unpaired) electrons. The van der Waals surface area contributed by atoms with Crippen LogP contribution >= 0.6 is 0 Å². The number of aromatic nitrogens is 2. The van der Waals surface area contributed by atoms with Gasteiger partial charge in [-0.1, -0.05) is 26.0 Å². The molecule has 1 spiro atoms. The number of carbonyl (C=O) groups excluding carboxylic acids is 1. The van der Waals surface area contributed by atoms with Gasteiger partial charge in [0.25, 0.3) is 5.91 Å². The SMILES string of the molecule is CC(C)c1ccc(Nc2cc(C(=O)N3CCC4(CC3)OCCO4)ncn2)cc1. The Kier molecular flexibility index (Phi) is 5.28. The van der Waals surface area contributed by atoms with Gasteiger partial charge in [0.2, 0.25) is 0 Å². The van der Waals surface area contributed by atoms with E-state index in [-0.39, 0.29) is 5.91 Å². The van der Waals surface area contributed by atoms with Crippen molar-refractivity contribution in [2.75, 3.05) is 31.6 Å². The van der Waals surface area contributed by atoms with Crippen molar-refractivity contribution in [1.29, 1.82) is 0 Å². The van der Waals surface area contributed by atoms with Crippen LogP contribution < -0.4 is 5.32 Å². The summed E-state index contributed by atoms with van der Waals surface area (Å²) in [4.78, 5) is 23.1. The van der Waals surface area contributed by atoms with Crippen LogP contribution in [0.25, 0.3) is 0 Å². The molecule has 1 N–H and O–H groups in total. The summed E-state index contributed by atoms with van der Waals surface area (Å²) in [6, 6.07) is 9.93. The van der Waals surface area contributed by atoms with E-state index in [9.17, 15) is 4.79 Å². The second-order valence-electron chi connectivity index (χ2n) is 7.59. The number of anilines is 2. The van der Waals surface area contributed by atoms with Crippen LogP contribution in [0.15, 0.2) is 36.7 Å². The van der Waals surface area contributed by atoms with Gasteiger partial charge in [0.1, 0.15) is 17.8 Å². The number of nitrogens with one attached hydrogen (secondary N) is 1. The fraction of sp³-hybridized carbons (Fsp3) is 0.476. The molecule has 0 atom stereocenters. The molecule has 0 aliphatic carbocycles. The van der Waals surface area contributed by atoms with Gasteiger partial charge in [0.15, 0.2) is 5.79 Å². The summed E-state index contributed by atoms with van der Waals surface area (Å²) >= 11 is 0. The number of amides is 1. The second-order valence-corrected chi connectivity index (χ2v) is 7.59. The normalized spacial score (nSPS) is 18.6. The lowest BCUT2D eigenvalue weighted by molar-refractivity contribution is -0.181. The van der Waals surface area contributed by atoms with Gasteiger partial charge in [-0.25, -0.2) is 9.97 Å². The Bertz CT molecular complexity index is 822. The zero-order valence-corrected chi connectivity index (χ0v) is 16.4. The summed E-state index contributed by atoms with van der Waals surface area (Å²) in [5, 5.41) is 3.25. The van der Waals surface area contributed by atoms with E-state index in [0.29, 0.717) is 56.6 Å². The maximum absolute atomic E-state index is 12.9. The summed E-state index contributed by atoms with van der Waals surface area (Å²) in [5.74, 6) is 0.512. The molecule has 148 valence electrons. The standard InChI is InChI=1S/C21H26N4O3/c1-15(2)16-3-5-17(6-4-16)24-19-13-18(22-14-23-19)20(26)25-9-7-21(8-10-25)27-11-12-28-21/h3-6,13-15H,7-12H2,1-2H3,(H,22,23,24). The molecule has 1 amide bonds. The molecular weight excluding hydrogens is 356 g/mol. The number of piperidine rings is 1. The Morgan fingerprint density at radius 1 is 1.11 bits per heavy atom. The van der Waals surface area contributed by atoms with Crippen molar-refractivity contribution in [1.82, 2.24) is 14.9 Å². The predicted molar refractivity (Wildman–Crippen MR) is 106 cm³/mol. The molecule has 0 unspecified atom stereocenters. The molecule has 0 bridgehead atoms. The van der Waals surface area contributed by atoms with Gasteiger partial charge in [0, 0.05) is 37.7 Å². The molecule has 2 aromatic rings. The van der Waals surface area contributed by atoms with E-state index in [1.807, 2.05) is 12.1 Å². The fourth-order valence-corrected chi connectivity index (χ4v) is 3.64. The van der Waals surface area contributed by atoms with Crippen molar-refractivity contribution in [2.45, 2.75) is 38.4 Å². The van der Waals surface area contributed by atoms with Crippen molar-refractivity contribution in [3.8, 4) is 0 Å². The van der Waals surface area contributed by atoms with E-state index in [2.05, 4.69) is 41.3 Å². The largest absolute Gasteiger partial charge is 0.347 e. The summed E-state index contributed by atoms with van der Waals surface area (Å²) in [6.45, 7) is 6.79. The van der Waals surface area contributed by atoms with Gasteiger partial charge in [-0.15, -0.1) is 0 Å². The highest BCUT2D eigenvalue weighted by atomic mass is 16.7. The van der Waals surface area contributed by atoms with Gasteiger partial charge >= 0.3 is 0 Å². The average molecular weight is 382 g/mol. The van der Waals surface area contributed by atoms with Crippen LogP contribution in [0.5, 0.6) is 0 Å². The highest BCUT2D eigenvalue weighted by Crippen LogP contribution is 2.31. The molecule has 2 saturated heterocycles. The van der Waals surface area contributed by atoms with Crippen molar-refractivity contribution in [3.63, 3.8) is 0 Å². The van der Waals surface area contributed by atoms with Crippen LogP contribution in [0.2, 0.25) is 0 Å². The van der Waals surface area contributed by atoms with Crippen molar-refractivity contribution < 1.29 is 14.3 Å². The number of hydrogen-bond acceptors (Lipinski definition) is 6. The first kappa shape index (κ1) is 18.8. The molecule has 7 nitrogen and oxygen atoms in total. The number of carbonyl (C=O) groups is 1. The molecule has 1 aromatic heterocycles. The minimum Gasteiger partial charge on any atom is -0.347 e. The van der Waals surface area contributed by atoms with Gasteiger partial charge in [0.05, 0.1) is 13.2 Å². The summed E-state index contributed by atoms with van der Waals surface area (Å²) in [5.41, 5.74) is 2.60. The fourth-order valence-electron chi connectivity index (χ4n) is 3.64. The quantitative estimate of drug-likeness (QED) is 0.874. The first-order chi connectivity index (χ1) is 13.5. The molecule has 0 saturated carbocycles. The lowest BCUT2D eigenvalue weighted by Gasteiger charge is -2.37. The third kappa shape index (κ3) is 4.00. The first-order valence-corrected chi connectivity index (χ1v) is 9.81. The Labute approximate surface area is 165 Å². The van der Waals surface area contributed by atoms with Crippen LogP contribution in [0.3, 0.4) is 0 Å². The number of ether oxygens (including phenoxy) is 2. The minimum absolute atomic E-state index is 0.0894.